The molecular weight excluding hydrogens is 235 g/mol. The Morgan fingerprint density at radius 1 is 1.44 bits per heavy atom. The van der Waals surface area contributed by atoms with Gasteiger partial charge in [0.15, 0.2) is 6.33 Å². The number of hydrogen-bond acceptors (Lipinski definition) is 5. The topological polar surface area (TPSA) is 74.7 Å². The third-order valence-electron chi connectivity index (χ3n) is 2.43. The Morgan fingerprint density at radius 3 is 3.06 bits per heavy atom. The molecule has 1 heterocycles. The van der Waals surface area contributed by atoms with E-state index in [9.17, 15) is 4.39 Å². The molecule has 1 aromatic carbocycles. The highest BCUT2D eigenvalue weighted by Crippen LogP contribution is 2.10. The van der Waals surface area contributed by atoms with Gasteiger partial charge < -0.3 is 9.84 Å². The zero-order valence-electron chi connectivity index (χ0n) is 9.56. The largest absolute Gasteiger partial charge is 0.340 e. The van der Waals surface area contributed by atoms with Crippen molar-refractivity contribution < 1.29 is 8.91 Å². The average molecular weight is 246 g/mol. The Labute approximate surface area is 103 Å². The van der Waals surface area contributed by atoms with Crippen molar-refractivity contribution in [1.82, 2.24) is 15.5 Å². The SMILES string of the molecule is N#Cc1ccc(F)cc1CNCCc1ncno1. The minimum absolute atomic E-state index is 0.345. The van der Waals surface area contributed by atoms with Crippen molar-refractivity contribution in [2.45, 2.75) is 13.0 Å². The van der Waals surface area contributed by atoms with E-state index in [0.29, 0.717) is 36.5 Å². The number of nitrogens with zero attached hydrogens (tertiary/aromatic N) is 3. The van der Waals surface area contributed by atoms with Gasteiger partial charge in [0.2, 0.25) is 5.89 Å². The summed E-state index contributed by atoms with van der Waals surface area (Å²) in [7, 11) is 0. The van der Waals surface area contributed by atoms with Crippen molar-refractivity contribution in [3.8, 4) is 6.07 Å². The third-order valence-corrected chi connectivity index (χ3v) is 2.43. The summed E-state index contributed by atoms with van der Waals surface area (Å²) in [6, 6.07) is 6.14. The van der Waals surface area contributed by atoms with E-state index in [2.05, 4.69) is 15.5 Å². The summed E-state index contributed by atoms with van der Waals surface area (Å²) in [4.78, 5) is 3.88. The summed E-state index contributed by atoms with van der Waals surface area (Å²) in [5.41, 5.74) is 1.12. The van der Waals surface area contributed by atoms with Gasteiger partial charge >= 0.3 is 0 Å². The standard InChI is InChI=1S/C12H11FN4O/c13-11-2-1-9(6-14)10(5-11)7-15-4-3-12-16-8-17-18-12/h1-2,5,8,15H,3-4,7H2. The number of halogens is 1. The van der Waals surface area contributed by atoms with Crippen molar-refractivity contribution in [3.05, 3.63) is 47.4 Å². The molecule has 5 nitrogen and oxygen atoms in total. The van der Waals surface area contributed by atoms with Crippen LogP contribution in [0.4, 0.5) is 4.39 Å². The van der Waals surface area contributed by atoms with E-state index in [4.69, 9.17) is 9.78 Å². The number of hydrogen-bond donors (Lipinski definition) is 1. The predicted molar refractivity (Wildman–Crippen MR) is 60.8 cm³/mol. The van der Waals surface area contributed by atoms with E-state index in [1.54, 1.807) is 0 Å². The van der Waals surface area contributed by atoms with Crippen LogP contribution >= 0.6 is 0 Å². The maximum absolute atomic E-state index is 13.0. The highest BCUT2D eigenvalue weighted by Gasteiger charge is 2.04. The van der Waals surface area contributed by atoms with Gasteiger partial charge in [0.05, 0.1) is 11.6 Å². The summed E-state index contributed by atoms with van der Waals surface area (Å²) in [6.45, 7) is 1.04. The molecule has 2 aromatic rings. The fraction of sp³-hybridized carbons (Fsp3) is 0.250. The van der Waals surface area contributed by atoms with Crippen molar-refractivity contribution in [1.29, 1.82) is 5.26 Å². The number of benzene rings is 1. The lowest BCUT2D eigenvalue weighted by Gasteiger charge is -2.05. The van der Waals surface area contributed by atoms with Crippen LogP contribution in [0.3, 0.4) is 0 Å². The van der Waals surface area contributed by atoms with Gasteiger partial charge in [-0.3, -0.25) is 0 Å². The molecular formula is C12H11FN4O. The Morgan fingerprint density at radius 2 is 2.33 bits per heavy atom. The molecule has 0 radical (unpaired) electrons. The molecule has 2 rings (SSSR count). The Bertz CT molecular complexity index is 548. The van der Waals surface area contributed by atoms with Gasteiger partial charge in [-0.1, -0.05) is 5.16 Å². The Hall–Kier alpha value is -2.26. The van der Waals surface area contributed by atoms with Gasteiger partial charge in [-0.15, -0.1) is 0 Å². The molecule has 0 aliphatic rings. The van der Waals surface area contributed by atoms with Crippen LogP contribution in [0.1, 0.15) is 17.0 Å². The molecule has 0 bridgehead atoms. The van der Waals surface area contributed by atoms with Crippen LogP contribution in [-0.2, 0) is 13.0 Å². The molecule has 6 heteroatoms. The van der Waals surface area contributed by atoms with Gasteiger partial charge in [-0.05, 0) is 23.8 Å². The van der Waals surface area contributed by atoms with Gasteiger partial charge in [-0.25, -0.2) is 4.39 Å². The fourth-order valence-corrected chi connectivity index (χ4v) is 1.54. The van der Waals surface area contributed by atoms with Crippen LogP contribution in [0.25, 0.3) is 0 Å². The molecule has 18 heavy (non-hydrogen) atoms. The second-order valence-corrected chi connectivity index (χ2v) is 3.68. The molecule has 0 aliphatic carbocycles. The van der Waals surface area contributed by atoms with E-state index < -0.39 is 0 Å². The van der Waals surface area contributed by atoms with Gasteiger partial charge in [0.25, 0.3) is 0 Å². The highest BCUT2D eigenvalue weighted by molar-refractivity contribution is 5.37. The summed E-state index contributed by atoms with van der Waals surface area (Å²) >= 11 is 0. The normalized spacial score (nSPS) is 10.2. The van der Waals surface area contributed by atoms with E-state index in [0.717, 1.165) is 0 Å². The quantitative estimate of drug-likeness (QED) is 0.807. The zero-order chi connectivity index (χ0) is 12.8. The summed E-state index contributed by atoms with van der Waals surface area (Å²) in [6.07, 6.45) is 1.94. The molecule has 92 valence electrons. The molecule has 0 saturated carbocycles. The monoisotopic (exact) mass is 246 g/mol. The lowest BCUT2D eigenvalue weighted by molar-refractivity contribution is 0.375. The number of rotatable bonds is 5. The Balaban J connectivity index is 1.86. The van der Waals surface area contributed by atoms with E-state index in [-0.39, 0.29) is 5.82 Å². The van der Waals surface area contributed by atoms with E-state index in [1.807, 2.05) is 6.07 Å². The van der Waals surface area contributed by atoms with Crippen LogP contribution < -0.4 is 5.32 Å². The lowest BCUT2D eigenvalue weighted by Crippen LogP contribution is -2.17. The minimum atomic E-state index is -0.345. The lowest BCUT2D eigenvalue weighted by atomic mass is 10.1. The average Bonchev–Trinajstić information content (AvgIpc) is 2.88. The summed E-state index contributed by atoms with van der Waals surface area (Å²) < 4.78 is 17.9. The number of nitrogens with one attached hydrogen (secondary N) is 1. The summed E-state index contributed by atoms with van der Waals surface area (Å²) in [5.74, 6) is 0.199. The Kier molecular flexibility index (Phi) is 3.99. The first kappa shape index (κ1) is 12.2. The van der Waals surface area contributed by atoms with Crippen LogP contribution in [0.5, 0.6) is 0 Å². The molecule has 0 atom stereocenters. The molecule has 0 saturated heterocycles. The van der Waals surface area contributed by atoms with Crippen LogP contribution in [0, 0.1) is 17.1 Å². The van der Waals surface area contributed by atoms with Crippen molar-refractivity contribution >= 4 is 0 Å². The van der Waals surface area contributed by atoms with Crippen molar-refractivity contribution in [3.63, 3.8) is 0 Å². The molecule has 0 unspecified atom stereocenters. The fourth-order valence-electron chi connectivity index (χ4n) is 1.54. The van der Waals surface area contributed by atoms with E-state index in [1.165, 1.54) is 24.5 Å². The number of nitriles is 1. The molecule has 0 aliphatic heterocycles. The maximum atomic E-state index is 13.0. The smallest absolute Gasteiger partial charge is 0.227 e. The van der Waals surface area contributed by atoms with Gasteiger partial charge in [0.1, 0.15) is 5.82 Å². The molecule has 0 spiro atoms. The van der Waals surface area contributed by atoms with Crippen LogP contribution in [0.15, 0.2) is 29.0 Å². The maximum Gasteiger partial charge on any atom is 0.227 e. The van der Waals surface area contributed by atoms with Gasteiger partial charge in [0, 0.05) is 19.5 Å². The minimum Gasteiger partial charge on any atom is -0.340 e. The van der Waals surface area contributed by atoms with Crippen LogP contribution in [-0.4, -0.2) is 16.7 Å². The molecule has 1 N–H and O–H groups in total. The molecule has 1 aromatic heterocycles. The van der Waals surface area contributed by atoms with E-state index >= 15 is 0 Å². The van der Waals surface area contributed by atoms with Gasteiger partial charge in [-0.2, -0.15) is 10.2 Å². The zero-order valence-corrected chi connectivity index (χ0v) is 9.56. The first-order chi connectivity index (χ1) is 8.79. The second kappa shape index (κ2) is 5.89. The highest BCUT2D eigenvalue weighted by atomic mass is 19.1. The van der Waals surface area contributed by atoms with Crippen molar-refractivity contribution in [2.24, 2.45) is 0 Å². The third kappa shape index (κ3) is 3.12. The summed E-state index contributed by atoms with van der Waals surface area (Å²) in [5, 5.41) is 15.5. The van der Waals surface area contributed by atoms with Crippen LogP contribution in [0.2, 0.25) is 0 Å². The number of aromatic nitrogens is 2. The second-order valence-electron chi connectivity index (χ2n) is 3.68. The molecule has 0 fully saturated rings. The van der Waals surface area contributed by atoms with Crippen molar-refractivity contribution in [2.75, 3.05) is 6.54 Å². The predicted octanol–water partition coefficient (Wildman–Crippen LogP) is 1.41. The molecule has 0 amide bonds. The first-order valence-electron chi connectivity index (χ1n) is 5.44. The first-order valence-corrected chi connectivity index (χ1v) is 5.44.